The fourth-order valence-electron chi connectivity index (χ4n) is 4.27. The Labute approximate surface area is 196 Å². The summed E-state index contributed by atoms with van der Waals surface area (Å²) < 4.78 is 29.5. The van der Waals surface area contributed by atoms with Crippen LogP contribution < -0.4 is 5.32 Å². The summed E-state index contributed by atoms with van der Waals surface area (Å²) in [7, 11) is -3.56. The number of piperidine rings is 1. The molecule has 0 saturated carbocycles. The normalized spacial score (nSPS) is 17.5. The van der Waals surface area contributed by atoms with Crippen molar-refractivity contribution in [3.63, 3.8) is 0 Å². The second-order valence-electron chi connectivity index (χ2n) is 8.74. The molecule has 7 nitrogen and oxygen atoms in total. The molecule has 2 heterocycles. The number of nitrogens with zero attached hydrogens (tertiary/aromatic N) is 3. The number of aryl methyl sites for hydroxylation is 1. The molecule has 1 atom stereocenters. The minimum absolute atomic E-state index is 0.00856. The topological polar surface area (TPSA) is 95.2 Å². The fourth-order valence-corrected chi connectivity index (χ4v) is 5.87. The van der Waals surface area contributed by atoms with Crippen molar-refractivity contribution in [2.45, 2.75) is 58.4 Å². The van der Waals surface area contributed by atoms with Crippen LogP contribution in [0.3, 0.4) is 0 Å². The number of benzene rings is 1. The largest absolute Gasteiger partial charge is 0.349 e. The number of hydrogen-bond acceptors (Lipinski definition) is 4. The van der Waals surface area contributed by atoms with E-state index in [-0.39, 0.29) is 10.5 Å². The molecular formula is C25H32N4O3S. The summed E-state index contributed by atoms with van der Waals surface area (Å²) in [6, 6.07) is 10.1. The van der Waals surface area contributed by atoms with Crippen molar-refractivity contribution < 1.29 is 13.2 Å². The van der Waals surface area contributed by atoms with Crippen LogP contribution in [0.4, 0.5) is 5.69 Å². The average molecular weight is 469 g/mol. The number of amides is 1. The molecule has 8 heteroatoms. The lowest BCUT2D eigenvalue weighted by Gasteiger charge is -2.30. The second-order valence-corrected chi connectivity index (χ2v) is 10.7. The molecule has 1 unspecified atom stereocenters. The molecule has 1 aliphatic heterocycles. The van der Waals surface area contributed by atoms with E-state index in [2.05, 4.69) is 23.7 Å². The molecule has 3 rings (SSSR count). The van der Waals surface area contributed by atoms with Gasteiger partial charge in [-0.25, -0.2) is 8.42 Å². The molecule has 1 aromatic heterocycles. The van der Waals surface area contributed by atoms with Gasteiger partial charge in [-0.1, -0.05) is 13.8 Å². The van der Waals surface area contributed by atoms with E-state index in [0.29, 0.717) is 24.7 Å². The van der Waals surface area contributed by atoms with Crippen LogP contribution in [0.1, 0.15) is 50.1 Å². The molecule has 0 radical (unpaired) electrons. The highest BCUT2D eigenvalue weighted by atomic mass is 32.2. The second kappa shape index (κ2) is 10.4. The summed E-state index contributed by atoms with van der Waals surface area (Å²) in [5.41, 5.74) is 3.36. The number of hydrogen-bond donors (Lipinski definition) is 1. The third-order valence-corrected chi connectivity index (χ3v) is 7.97. The Kier molecular flexibility index (Phi) is 7.77. The van der Waals surface area contributed by atoms with Gasteiger partial charge in [0, 0.05) is 36.7 Å². The maximum Gasteiger partial charge on any atom is 0.266 e. The van der Waals surface area contributed by atoms with Gasteiger partial charge in [-0.3, -0.25) is 4.79 Å². The molecule has 2 aromatic rings. The van der Waals surface area contributed by atoms with Crippen molar-refractivity contribution >= 4 is 27.7 Å². The standard InChI is InChI=1S/C25H32N4O3S/c1-5-12-29-19(3)14-21(20(29)4)15-22(16-26)25(30)27-23-8-10-24(11-9-23)33(31,32)28-13-6-7-18(2)17-28/h8-11,14-15,18H,5-7,12-13,17H2,1-4H3,(H,27,30)/b22-15+. The van der Waals surface area contributed by atoms with Crippen LogP contribution >= 0.6 is 0 Å². The van der Waals surface area contributed by atoms with E-state index in [9.17, 15) is 18.5 Å². The van der Waals surface area contributed by atoms with Crippen molar-refractivity contribution in [1.82, 2.24) is 8.87 Å². The molecule has 1 fully saturated rings. The first-order valence-electron chi connectivity index (χ1n) is 11.4. The minimum Gasteiger partial charge on any atom is -0.349 e. The summed E-state index contributed by atoms with van der Waals surface area (Å²) >= 11 is 0. The van der Waals surface area contributed by atoms with Crippen LogP contribution in [0.5, 0.6) is 0 Å². The van der Waals surface area contributed by atoms with Crippen molar-refractivity contribution in [2.75, 3.05) is 18.4 Å². The Morgan fingerprint density at radius 1 is 1.27 bits per heavy atom. The van der Waals surface area contributed by atoms with E-state index in [1.54, 1.807) is 18.2 Å². The molecule has 176 valence electrons. The number of sulfonamides is 1. The highest BCUT2D eigenvalue weighted by Gasteiger charge is 2.28. The first-order chi connectivity index (χ1) is 15.7. The number of nitrogens with one attached hydrogen (secondary N) is 1. The predicted molar refractivity (Wildman–Crippen MR) is 130 cm³/mol. The third kappa shape index (κ3) is 5.55. The Bertz CT molecular complexity index is 1190. The van der Waals surface area contributed by atoms with Crippen LogP contribution in [0, 0.1) is 31.1 Å². The molecule has 1 aliphatic rings. The summed E-state index contributed by atoms with van der Waals surface area (Å²) in [6.45, 7) is 10.1. The number of aromatic nitrogens is 1. The average Bonchev–Trinajstić information content (AvgIpc) is 3.05. The molecule has 1 amide bonds. The maximum atomic E-state index is 12.9. The van der Waals surface area contributed by atoms with Crippen molar-refractivity contribution in [1.29, 1.82) is 5.26 Å². The summed E-state index contributed by atoms with van der Waals surface area (Å²) in [4.78, 5) is 12.9. The highest BCUT2D eigenvalue weighted by molar-refractivity contribution is 7.89. The van der Waals surface area contributed by atoms with Crippen molar-refractivity contribution in [3.8, 4) is 6.07 Å². The Morgan fingerprint density at radius 3 is 2.58 bits per heavy atom. The van der Waals surface area contributed by atoms with Gasteiger partial charge in [0.15, 0.2) is 0 Å². The smallest absolute Gasteiger partial charge is 0.266 e. The van der Waals surface area contributed by atoms with Gasteiger partial charge < -0.3 is 9.88 Å². The van der Waals surface area contributed by atoms with Gasteiger partial charge in [0.05, 0.1) is 4.90 Å². The van der Waals surface area contributed by atoms with Gasteiger partial charge in [-0.2, -0.15) is 9.57 Å². The minimum atomic E-state index is -3.56. The fraction of sp³-hybridized carbons (Fsp3) is 0.440. The van der Waals surface area contributed by atoms with Crippen molar-refractivity contribution in [2.24, 2.45) is 5.92 Å². The third-order valence-electron chi connectivity index (χ3n) is 6.09. The molecule has 0 bridgehead atoms. The Morgan fingerprint density at radius 2 is 1.97 bits per heavy atom. The predicted octanol–water partition coefficient (Wildman–Crippen LogP) is 4.48. The Hall–Kier alpha value is -2.89. The lowest BCUT2D eigenvalue weighted by molar-refractivity contribution is -0.112. The summed E-state index contributed by atoms with van der Waals surface area (Å²) in [5.74, 6) is -0.187. The zero-order valence-corrected chi connectivity index (χ0v) is 20.6. The van der Waals surface area contributed by atoms with E-state index >= 15 is 0 Å². The number of anilines is 1. The molecule has 1 saturated heterocycles. The van der Waals surface area contributed by atoms with Gasteiger partial charge in [-0.15, -0.1) is 0 Å². The monoisotopic (exact) mass is 468 g/mol. The number of carbonyl (C=O) groups is 1. The van der Waals surface area contributed by atoms with Gasteiger partial charge in [0.25, 0.3) is 5.91 Å². The lowest BCUT2D eigenvalue weighted by Crippen LogP contribution is -2.39. The summed E-state index contributed by atoms with van der Waals surface area (Å²) in [5, 5.41) is 12.3. The first-order valence-corrected chi connectivity index (χ1v) is 12.8. The van der Waals surface area contributed by atoms with E-state index < -0.39 is 15.9 Å². The van der Waals surface area contributed by atoms with Crippen LogP contribution in [-0.2, 0) is 21.4 Å². The van der Waals surface area contributed by atoms with Gasteiger partial charge in [-0.05, 0) is 81.0 Å². The molecule has 33 heavy (non-hydrogen) atoms. The van der Waals surface area contributed by atoms with Crippen LogP contribution in [0.25, 0.3) is 6.08 Å². The Balaban J connectivity index is 1.75. The van der Waals surface area contributed by atoms with Gasteiger partial charge in [0.1, 0.15) is 11.6 Å². The van der Waals surface area contributed by atoms with Crippen LogP contribution in [0.2, 0.25) is 0 Å². The number of nitriles is 1. The zero-order chi connectivity index (χ0) is 24.2. The van der Waals surface area contributed by atoms with E-state index in [4.69, 9.17) is 0 Å². The molecule has 0 spiro atoms. The number of rotatable bonds is 7. The maximum absolute atomic E-state index is 12.9. The highest BCUT2D eigenvalue weighted by Crippen LogP contribution is 2.25. The SMILES string of the molecule is CCCn1c(C)cc(/C=C(\C#N)C(=O)Nc2ccc(S(=O)(=O)N3CCCC(C)C3)cc2)c1C. The van der Waals surface area contributed by atoms with Crippen molar-refractivity contribution in [3.05, 3.63) is 52.9 Å². The molecular weight excluding hydrogens is 436 g/mol. The quantitative estimate of drug-likeness (QED) is 0.479. The molecule has 1 N–H and O–H groups in total. The summed E-state index contributed by atoms with van der Waals surface area (Å²) in [6.07, 6.45) is 4.49. The van der Waals surface area contributed by atoms with Crippen LogP contribution in [-0.4, -0.2) is 36.3 Å². The lowest BCUT2D eigenvalue weighted by atomic mass is 10.0. The van der Waals surface area contributed by atoms with E-state index in [1.165, 1.54) is 16.4 Å². The number of carbonyl (C=O) groups excluding carboxylic acids is 1. The van der Waals surface area contributed by atoms with Gasteiger partial charge in [0.2, 0.25) is 10.0 Å². The molecule has 1 aromatic carbocycles. The van der Waals surface area contributed by atoms with E-state index in [1.807, 2.05) is 26.0 Å². The van der Waals surface area contributed by atoms with E-state index in [0.717, 1.165) is 42.8 Å². The zero-order valence-electron chi connectivity index (χ0n) is 19.8. The molecule has 0 aliphatic carbocycles. The van der Waals surface area contributed by atoms with Gasteiger partial charge >= 0.3 is 0 Å². The van der Waals surface area contributed by atoms with Crippen LogP contribution in [0.15, 0.2) is 40.8 Å². The first kappa shape index (κ1) is 24.7.